The molecule has 0 aliphatic heterocycles. The molecule has 248 valence electrons. The largest absolute Gasteiger partial charge is 0.321 e. The van der Waals surface area contributed by atoms with Crippen LogP contribution in [0.15, 0.2) is 149 Å². The maximum Gasteiger partial charge on any atom is 0.272 e. The number of hydrogen-bond acceptors (Lipinski definition) is 6. The number of hydrogen-bond donors (Lipinski definition) is 3. The first-order chi connectivity index (χ1) is 24.3. The number of anilines is 2. The summed E-state index contributed by atoms with van der Waals surface area (Å²) in [7, 11) is 0. The summed E-state index contributed by atoms with van der Waals surface area (Å²) in [6, 6.07) is 39.6. The standard InChI is InChI=1S/C39H28Cl2N4O3S2/c40-28-16-9-11-25(21-28)22-33(43-36(46)27-14-5-2-6-15-27)37(47)42-29-17-10-18-30(23-29)50-35(26-12-3-1-4-13-26)38(48)45-39-44-34(24-49-39)31-19-7-8-20-32(31)41/h1-24,35H,(H,42,47)(H,43,46)(H,44,45,48)/b33-22-. The van der Waals surface area contributed by atoms with Gasteiger partial charge >= 0.3 is 0 Å². The van der Waals surface area contributed by atoms with E-state index in [-0.39, 0.29) is 11.6 Å². The number of aromatic nitrogens is 1. The average molecular weight is 736 g/mol. The summed E-state index contributed by atoms with van der Waals surface area (Å²) in [5.74, 6) is -1.23. The van der Waals surface area contributed by atoms with E-state index in [1.54, 1.807) is 84.9 Å². The summed E-state index contributed by atoms with van der Waals surface area (Å²) >= 11 is 15.2. The van der Waals surface area contributed by atoms with E-state index in [2.05, 4.69) is 20.9 Å². The van der Waals surface area contributed by atoms with E-state index < -0.39 is 17.1 Å². The second kappa shape index (κ2) is 16.5. The van der Waals surface area contributed by atoms with Crippen molar-refractivity contribution in [2.45, 2.75) is 10.1 Å². The summed E-state index contributed by atoms with van der Waals surface area (Å²) in [6.45, 7) is 0. The van der Waals surface area contributed by atoms with Gasteiger partial charge in [0.2, 0.25) is 5.91 Å². The van der Waals surface area contributed by atoms with Crippen molar-refractivity contribution in [1.29, 1.82) is 0 Å². The highest BCUT2D eigenvalue weighted by Gasteiger charge is 2.24. The summed E-state index contributed by atoms with van der Waals surface area (Å²) in [4.78, 5) is 45.8. The summed E-state index contributed by atoms with van der Waals surface area (Å²) in [6.07, 6.45) is 1.56. The van der Waals surface area contributed by atoms with Gasteiger partial charge in [-0.3, -0.25) is 14.4 Å². The number of benzene rings is 5. The van der Waals surface area contributed by atoms with Crippen LogP contribution < -0.4 is 16.0 Å². The van der Waals surface area contributed by atoms with Gasteiger partial charge in [0, 0.05) is 37.1 Å². The molecule has 0 saturated carbocycles. The normalized spacial score (nSPS) is 11.8. The molecule has 0 saturated heterocycles. The Kier molecular flexibility index (Phi) is 11.4. The third-order valence-electron chi connectivity index (χ3n) is 7.26. The van der Waals surface area contributed by atoms with Crippen LogP contribution in [0.3, 0.4) is 0 Å². The highest BCUT2D eigenvalue weighted by atomic mass is 35.5. The predicted octanol–water partition coefficient (Wildman–Crippen LogP) is 10.00. The number of halogens is 2. The maximum absolute atomic E-state index is 13.8. The van der Waals surface area contributed by atoms with Crippen LogP contribution in [0.4, 0.5) is 10.8 Å². The highest BCUT2D eigenvalue weighted by molar-refractivity contribution is 8.00. The zero-order chi connectivity index (χ0) is 34.9. The van der Waals surface area contributed by atoms with Gasteiger partial charge in [-0.15, -0.1) is 23.1 Å². The molecule has 1 aromatic heterocycles. The fourth-order valence-electron chi connectivity index (χ4n) is 4.88. The number of carbonyl (C=O) groups is 3. The number of rotatable bonds is 11. The molecule has 50 heavy (non-hydrogen) atoms. The minimum Gasteiger partial charge on any atom is -0.321 e. The van der Waals surface area contributed by atoms with Gasteiger partial charge in [0.1, 0.15) is 10.9 Å². The predicted molar refractivity (Wildman–Crippen MR) is 205 cm³/mol. The van der Waals surface area contributed by atoms with E-state index in [1.807, 2.05) is 60.0 Å². The Labute approximate surface area is 307 Å². The van der Waals surface area contributed by atoms with Crippen LogP contribution in [0.2, 0.25) is 10.0 Å². The topological polar surface area (TPSA) is 100 Å². The Hall–Kier alpha value is -5.19. The lowest BCUT2D eigenvalue weighted by molar-refractivity contribution is -0.116. The van der Waals surface area contributed by atoms with Gasteiger partial charge in [-0.2, -0.15) is 0 Å². The molecule has 5 aromatic carbocycles. The van der Waals surface area contributed by atoms with Crippen molar-refractivity contribution in [3.05, 3.63) is 171 Å². The molecular weight excluding hydrogens is 707 g/mol. The molecule has 7 nitrogen and oxygen atoms in total. The molecule has 0 radical (unpaired) electrons. The molecule has 0 aliphatic rings. The monoisotopic (exact) mass is 734 g/mol. The lowest BCUT2D eigenvalue weighted by atomic mass is 10.1. The van der Waals surface area contributed by atoms with Gasteiger partial charge in [-0.25, -0.2) is 4.98 Å². The van der Waals surface area contributed by atoms with E-state index in [9.17, 15) is 14.4 Å². The number of nitrogens with one attached hydrogen (secondary N) is 3. The first-order valence-electron chi connectivity index (χ1n) is 15.3. The van der Waals surface area contributed by atoms with E-state index >= 15 is 0 Å². The Balaban J connectivity index is 1.21. The van der Waals surface area contributed by atoms with Crippen molar-refractivity contribution < 1.29 is 14.4 Å². The molecule has 0 bridgehead atoms. The molecule has 1 heterocycles. The molecule has 0 aliphatic carbocycles. The first kappa shape index (κ1) is 34.7. The van der Waals surface area contributed by atoms with E-state index in [1.165, 1.54) is 23.1 Å². The third-order valence-corrected chi connectivity index (χ3v) is 9.83. The van der Waals surface area contributed by atoms with Gasteiger partial charge in [0.25, 0.3) is 11.8 Å². The van der Waals surface area contributed by atoms with Crippen molar-refractivity contribution in [2.75, 3.05) is 10.6 Å². The van der Waals surface area contributed by atoms with Crippen molar-refractivity contribution in [3.8, 4) is 11.3 Å². The van der Waals surface area contributed by atoms with Crippen molar-refractivity contribution in [3.63, 3.8) is 0 Å². The van der Waals surface area contributed by atoms with Crippen LogP contribution in [0.5, 0.6) is 0 Å². The Morgan fingerprint density at radius 2 is 1.48 bits per heavy atom. The quantitative estimate of drug-likeness (QED) is 0.0909. The number of thioether (sulfide) groups is 1. The van der Waals surface area contributed by atoms with Crippen LogP contribution in [0.25, 0.3) is 17.3 Å². The minimum absolute atomic E-state index is 0.0281. The second-order valence-electron chi connectivity index (χ2n) is 10.8. The summed E-state index contributed by atoms with van der Waals surface area (Å²) in [5.41, 5.74) is 3.79. The molecule has 0 spiro atoms. The summed E-state index contributed by atoms with van der Waals surface area (Å²) in [5, 5.41) is 11.3. The second-order valence-corrected chi connectivity index (χ2v) is 13.7. The zero-order valence-corrected chi connectivity index (χ0v) is 29.3. The van der Waals surface area contributed by atoms with Crippen LogP contribution in [-0.4, -0.2) is 22.7 Å². The molecule has 3 N–H and O–H groups in total. The highest BCUT2D eigenvalue weighted by Crippen LogP contribution is 2.38. The number of thiazole rings is 1. The molecule has 1 unspecified atom stereocenters. The third kappa shape index (κ3) is 9.07. The maximum atomic E-state index is 13.8. The van der Waals surface area contributed by atoms with Crippen LogP contribution >= 0.6 is 46.3 Å². The van der Waals surface area contributed by atoms with Crippen molar-refractivity contribution >= 4 is 80.9 Å². The fourth-order valence-corrected chi connectivity index (χ4v) is 7.11. The number of nitrogens with zero attached hydrogens (tertiary/aromatic N) is 1. The molecule has 11 heteroatoms. The lowest BCUT2D eigenvalue weighted by Gasteiger charge is -2.17. The van der Waals surface area contributed by atoms with E-state index in [4.69, 9.17) is 23.2 Å². The number of carbonyl (C=O) groups excluding carboxylic acids is 3. The Morgan fingerprint density at radius 3 is 2.24 bits per heavy atom. The van der Waals surface area contributed by atoms with Gasteiger partial charge in [0.15, 0.2) is 5.13 Å². The summed E-state index contributed by atoms with van der Waals surface area (Å²) < 4.78 is 0. The molecular formula is C39H28Cl2N4O3S2. The average Bonchev–Trinajstić information content (AvgIpc) is 3.59. The zero-order valence-electron chi connectivity index (χ0n) is 26.2. The van der Waals surface area contributed by atoms with E-state index in [0.717, 1.165) is 16.0 Å². The van der Waals surface area contributed by atoms with Crippen molar-refractivity contribution in [1.82, 2.24) is 10.3 Å². The Bertz CT molecular complexity index is 2180. The lowest BCUT2D eigenvalue weighted by Crippen LogP contribution is -2.30. The van der Waals surface area contributed by atoms with Gasteiger partial charge in [-0.05, 0) is 65.7 Å². The van der Waals surface area contributed by atoms with Crippen LogP contribution in [0.1, 0.15) is 26.7 Å². The first-order valence-corrected chi connectivity index (χ1v) is 17.8. The van der Waals surface area contributed by atoms with Gasteiger partial charge < -0.3 is 16.0 Å². The fraction of sp³-hybridized carbons (Fsp3) is 0.0256. The molecule has 6 rings (SSSR count). The van der Waals surface area contributed by atoms with Crippen molar-refractivity contribution in [2.24, 2.45) is 0 Å². The molecule has 0 fully saturated rings. The Morgan fingerprint density at radius 1 is 0.760 bits per heavy atom. The van der Waals surface area contributed by atoms with Gasteiger partial charge in [0.05, 0.1) is 5.69 Å². The minimum atomic E-state index is -0.640. The van der Waals surface area contributed by atoms with Crippen LogP contribution in [-0.2, 0) is 9.59 Å². The SMILES string of the molecule is O=C(Nc1cccc(SC(C(=O)Nc2nc(-c3ccccc3Cl)cs2)c2ccccc2)c1)/C(=C/c1cccc(Cl)c1)NC(=O)c1ccccc1. The number of amides is 3. The molecule has 1 atom stereocenters. The molecule has 3 amide bonds. The smallest absolute Gasteiger partial charge is 0.272 e. The van der Waals surface area contributed by atoms with Crippen LogP contribution in [0, 0.1) is 0 Å². The molecule has 6 aromatic rings. The van der Waals surface area contributed by atoms with E-state index in [0.29, 0.717) is 37.7 Å². The van der Waals surface area contributed by atoms with Gasteiger partial charge in [-0.1, -0.05) is 108 Å².